The van der Waals surface area contributed by atoms with E-state index in [2.05, 4.69) is 15.2 Å². The van der Waals surface area contributed by atoms with E-state index < -0.39 is 37.6 Å². The van der Waals surface area contributed by atoms with Crippen molar-refractivity contribution in [3.8, 4) is 0 Å². The van der Waals surface area contributed by atoms with Crippen molar-refractivity contribution in [2.75, 3.05) is 13.2 Å². The maximum Gasteiger partial charge on any atom is 0.217 e. The number of rotatable bonds is 5. The maximum atomic E-state index is 10.9. The molecule has 100 valence electrons. The molecule has 4 unspecified atom stereocenters. The predicted octanol–water partition coefficient (Wildman–Crippen LogP) is -3.41. The lowest BCUT2D eigenvalue weighted by molar-refractivity contribution is -0.806. The molecular formula is C9H15NO7-2. The van der Waals surface area contributed by atoms with Gasteiger partial charge in [0.25, 0.3) is 0 Å². The summed E-state index contributed by atoms with van der Waals surface area (Å²) in [5, 5.41) is 35.7. The smallest absolute Gasteiger partial charge is 0.217 e. The van der Waals surface area contributed by atoms with Gasteiger partial charge in [-0.15, -0.1) is 6.61 Å². The first kappa shape index (κ1) is 14.3. The molecule has 0 saturated carbocycles. The Bertz CT molecular complexity index is 249. The van der Waals surface area contributed by atoms with Gasteiger partial charge in [0.05, 0.1) is 18.8 Å². The molecule has 8 heteroatoms. The molecule has 1 rings (SSSR count). The number of aliphatic hydroxyl groups is 1. The van der Waals surface area contributed by atoms with E-state index >= 15 is 0 Å². The van der Waals surface area contributed by atoms with Gasteiger partial charge in [0.2, 0.25) is 5.91 Å². The van der Waals surface area contributed by atoms with Crippen molar-refractivity contribution in [1.29, 1.82) is 0 Å². The van der Waals surface area contributed by atoms with E-state index in [4.69, 9.17) is 9.84 Å². The van der Waals surface area contributed by atoms with Crippen LogP contribution >= 0.6 is 0 Å². The van der Waals surface area contributed by atoms with Gasteiger partial charge in [-0.2, -0.15) is 0 Å². The third-order valence-corrected chi connectivity index (χ3v) is 2.60. The lowest BCUT2D eigenvalue weighted by Gasteiger charge is -2.41. The maximum absolute atomic E-state index is 10.9. The summed E-state index contributed by atoms with van der Waals surface area (Å²) in [5.74, 6) is -0.318. The molecule has 1 saturated heterocycles. The number of nitrogens with one attached hydrogen (secondary N) is 1. The Kier molecular flexibility index (Phi) is 5.75. The Morgan fingerprint density at radius 2 is 2.29 bits per heavy atom. The molecule has 0 aromatic carbocycles. The fourth-order valence-corrected chi connectivity index (χ4v) is 1.84. The van der Waals surface area contributed by atoms with Gasteiger partial charge < -0.3 is 25.5 Å². The zero-order valence-corrected chi connectivity index (χ0v) is 9.33. The summed E-state index contributed by atoms with van der Waals surface area (Å²) in [6, 6.07) is -0.562. The standard InChI is InChI=1S/C9H16NO7/c1-5(13)10-6-2-7(16-17-14)9(4-12)15-8(6)3-11/h6-9,12,14H,2-4H2,1H3,(H,10,13)/q-1/p-1. The first-order valence-corrected chi connectivity index (χ1v) is 5.19. The van der Waals surface area contributed by atoms with E-state index in [0.29, 0.717) is 0 Å². The molecule has 1 heterocycles. The van der Waals surface area contributed by atoms with Crippen molar-refractivity contribution in [1.82, 2.24) is 5.32 Å². The van der Waals surface area contributed by atoms with Crippen molar-refractivity contribution < 1.29 is 34.9 Å². The molecule has 1 aliphatic heterocycles. The van der Waals surface area contributed by atoms with Crippen LogP contribution in [0.2, 0.25) is 0 Å². The van der Waals surface area contributed by atoms with Crippen LogP contribution in [-0.4, -0.2) is 48.6 Å². The van der Waals surface area contributed by atoms with Gasteiger partial charge in [-0.3, -0.25) is 9.83 Å². The van der Waals surface area contributed by atoms with E-state index in [-0.39, 0.29) is 12.3 Å². The highest BCUT2D eigenvalue weighted by atomic mass is 17.5. The molecule has 1 amide bonds. The summed E-state index contributed by atoms with van der Waals surface area (Å²) in [7, 11) is 0. The number of ether oxygens (including phenoxy) is 1. The fourth-order valence-electron chi connectivity index (χ4n) is 1.84. The average molecular weight is 249 g/mol. The third-order valence-electron chi connectivity index (χ3n) is 2.60. The number of hydrogen-bond donors (Lipinski definition) is 2. The normalized spacial score (nSPS) is 33.4. The third kappa shape index (κ3) is 3.87. The predicted molar refractivity (Wildman–Crippen MR) is 48.8 cm³/mol. The van der Waals surface area contributed by atoms with Crippen LogP contribution in [0.25, 0.3) is 0 Å². The van der Waals surface area contributed by atoms with Crippen LogP contribution in [0.3, 0.4) is 0 Å². The average Bonchev–Trinajstić information content (AvgIpc) is 2.29. The van der Waals surface area contributed by atoms with Crippen molar-refractivity contribution in [2.24, 2.45) is 0 Å². The van der Waals surface area contributed by atoms with Crippen molar-refractivity contribution in [3.05, 3.63) is 0 Å². The lowest BCUT2D eigenvalue weighted by Crippen LogP contribution is -2.58. The van der Waals surface area contributed by atoms with Gasteiger partial charge in [0, 0.05) is 13.3 Å². The van der Waals surface area contributed by atoms with Crippen LogP contribution in [0.15, 0.2) is 0 Å². The second-order valence-corrected chi connectivity index (χ2v) is 3.81. The summed E-state index contributed by atoms with van der Waals surface area (Å²) >= 11 is 0. The minimum atomic E-state index is -0.822. The molecule has 0 aromatic heterocycles. The minimum Gasteiger partial charge on any atom is -0.853 e. The van der Waals surface area contributed by atoms with Crippen LogP contribution in [-0.2, 0) is 19.5 Å². The number of carbonyl (C=O) groups excluding carboxylic acids is 1. The fraction of sp³-hybridized carbons (Fsp3) is 0.889. The lowest BCUT2D eigenvalue weighted by atomic mass is 9.96. The zero-order chi connectivity index (χ0) is 12.8. The second kappa shape index (κ2) is 6.84. The van der Waals surface area contributed by atoms with Gasteiger partial charge in [-0.25, -0.2) is 4.89 Å². The molecule has 1 fully saturated rings. The first-order valence-electron chi connectivity index (χ1n) is 5.19. The van der Waals surface area contributed by atoms with Crippen LogP contribution in [0, 0.1) is 0 Å². The Balaban J connectivity index is 2.67. The molecule has 0 bridgehead atoms. The zero-order valence-electron chi connectivity index (χ0n) is 9.33. The monoisotopic (exact) mass is 249 g/mol. The van der Waals surface area contributed by atoms with Gasteiger partial charge in [-0.1, -0.05) is 0 Å². The molecule has 0 spiro atoms. The van der Waals surface area contributed by atoms with Crippen molar-refractivity contribution in [3.63, 3.8) is 0 Å². The molecule has 0 aromatic rings. The summed E-state index contributed by atoms with van der Waals surface area (Å²) in [6.07, 6.45) is -2.23. The molecule has 4 atom stereocenters. The molecular weight excluding hydrogens is 234 g/mol. The van der Waals surface area contributed by atoms with Crippen LogP contribution < -0.4 is 15.7 Å². The van der Waals surface area contributed by atoms with E-state index in [0.717, 1.165) is 0 Å². The highest BCUT2D eigenvalue weighted by Crippen LogP contribution is 2.22. The first-order chi connectivity index (χ1) is 8.12. The summed E-state index contributed by atoms with van der Waals surface area (Å²) in [6.45, 7) is 0.337. The minimum absolute atomic E-state index is 0.167. The molecule has 0 aliphatic carbocycles. The van der Waals surface area contributed by atoms with Gasteiger partial charge in [0.1, 0.15) is 12.2 Å². The van der Waals surface area contributed by atoms with Crippen molar-refractivity contribution in [2.45, 2.75) is 37.7 Å². The van der Waals surface area contributed by atoms with Crippen LogP contribution in [0.5, 0.6) is 0 Å². The molecule has 17 heavy (non-hydrogen) atoms. The Labute approximate surface area is 97.9 Å². The summed E-state index contributed by atoms with van der Waals surface area (Å²) in [4.78, 5) is 15.3. The molecule has 8 nitrogen and oxygen atoms in total. The second-order valence-electron chi connectivity index (χ2n) is 3.81. The van der Waals surface area contributed by atoms with E-state index in [9.17, 15) is 15.2 Å². The number of carbonyl (C=O) groups is 1. The largest absolute Gasteiger partial charge is 0.853 e. The molecule has 1 aliphatic rings. The van der Waals surface area contributed by atoms with E-state index in [1.807, 2.05) is 0 Å². The van der Waals surface area contributed by atoms with E-state index in [1.54, 1.807) is 0 Å². The summed E-state index contributed by atoms with van der Waals surface area (Å²) < 4.78 is 5.24. The van der Waals surface area contributed by atoms with Gasteiger partial charge >= 0.3 is 0 Å². The Morgan fingerprint density at radius 1 is 1.59 bits per heavy atom. The Hall–Kier alpha value is -0.770. The topological polar surface area (TPSA) is 123 Å². The van der Waals surface area contributed by atoms with E-state index in [1.165, 1.54) is 6.92 Å². The number of amides is 1. The Morgan fingerprint density at radius 3 is 2.76 bits per heavy atom. The quantitative estimate of drug-likeness (QED) is 0.384. The molecule has 0 radical (unpaired) electrons. The number of hydrogen-bond acceptors (Lipinski definition) is 7. The SMILES string of the molecule is CC(=O)NC1CC(OO[O-])C(CO)OC1C[O-]. The van der Waals surface area contributed by atoms with Crippen LogP contribution in [0.4, 0.5) is 0 Å². The number of aliphatic hydroxyl groups excluding tert-OH is 1. The van der Waals surface area contributed by atoms with Gasteiger partial charge in [0.15, 0.2) is 0 Å². The van der Waals surface area contributed by atoms with Gasteiger partial charge in [-0.05, 0) is 0 Å². The summed E-state index contributed by atoms with van der Waals surface area (Å²) in [5.41, 5.74) is 0. The molecule has 2 N–H and O–H groups in total. The highest BCUT2D eigenvalue weighted by molar-refractivity contribution is 5.73. The van der Waals surface area contributed by atoms with Crippen molar-refractivity contribution >= 4 is 5.91 Å². The van der Waals surface area contributed by atoms with Crippen LogP contribution in [0.1, 0.15) is 13.3 Å². The highest BCUT2D eigenvalue weighted by Gasteiger charge is 2.37.